The molecule has 146 valence electrons. The van der Waals surface area contributed by atoms with Crippen LogP contribution in [-0.4, -0.2) is 58.1 Å². The molecule has 0 aromatic carbocycles. The van der Waals surface area contributed by atoms with Gasteiger partial charge in [-0.1, -0.05) is 6.92 Å². The Balaban J connectivity index is 1.31. The van der Waals surface area contributed by atoms with Crippen molar-refractivity contribution in [3.8, 4) is 11.5 Å². The molecule has 2 aromatic heterocycles. The molecule has 0 bridgehead atoms. The number of rotatable bonds is 4. The summed E-state index contributed by atoms with van der Waals surface area (Å²) in [6, 6.07) is 1.76. The number of hydrogen-bond acceptors (Lipinski definition) is 6. The Morgan fingerprint density at radius 1 is 1.15 bits per heavy atom. The molecular weight excluding hydrogens is 344 g/mol. The Labute approximate surface area is 159 Å². The van der Waals surface area contributed by atoms with Crippen LogP contribution < -0.4 is 0 Å². The maximum absolute atomic E-state index is 12.8. The first-order chi connectivity index (χ1) is 13.1. The van der Waals surface area contributed by atoms with Crippen molar-refractivity contribution in [3.63, 3.8) is 0 Å². The molecule has 1 unspecified atom stereocenters. The Kier molecular flexibility index (Phi) is 5.29. The van der Waals surface area contributed by atoms with Gasteiger partial charge in [-0.2, -0.15) is 0 Å². The van der Waals surface area contributed by atoms with Crippen LogP contribution in [0.1, 0.15) is 51.3 Å². The quantitative estimate of drug-likeness (QED) is 0.821. The number of likely N-dealkylation sites (tertiary alicyclic amines) is 2. The lowest BCUT2D eigenvalue weighted by atomic mass is 9.95. The van der Waals surface area contributed by atoms with Crippen molar-refractivity contribution < 1.29 is 13.6 Å². The van der Waals surface area contributed by atoms with Gasteiger partial charge in [0.2, 0.25) is 11.8 Å². The molecule has 7 nitrogen and oxygen atoms in total. The van der Waals surface area contributed by atoms with Crippen LogP contribution in [0, 0.1) is 5.92 Å². The third kappa shape index (κ3) is 3.93. The second-order valence-electron chi connectivity index (χ2n) is 7.95. The van der Waals surface area contributed by atoms with E-state index in [0.29, 0.717) is 11.8 Å². The van der Waals surface area contributed by atoms with E-state index in [0.717, 1.165) is 63.3 Å². The summed E-state index contributed by atoms with van der Waals surface area (Å²) in [5, 5.41) is 8.36. The van der Waals surface area contributed by atoms with Gasteiger partial charge in [0.05, 0.1) is 17.9 Å². The van der Waals surface area contributed by atoms with Crippen LogP contribution in [0.15, 0.2) is 27.4 Å². The van der Waals surface area contributed by atoms with Gasteiger partial charge in [-0.3, -0.25) is 9.69 Å². The zero-order chi connectivity index (χ0) is 18.8. The number of nitrogens with zero attached hydrogens (tertiary/aromatic N) is 4. The van der Waals surface area contributed by atoms with Crippen molar-refractivity contribution in [2.45, 2.75) is 51.5 Å². The minimum atomic E-state index is -0.0523. The van der Waals surface area contributed by atoms with Gasteiger partial charge >= 0.3 is 0 Å². The average Bonchev–Trinajstić information content (AvgIpc) is 3.39. The monoisotopic (exact) mass is 372 g/mol. The molecule has 0 spiro atoms. The first-order valence-corrected chi connectivity index (χ1v) is 10.0. The Morgan fingerprint density at radius 2 is 1.89 bits per heavy atom. The Bertz CT molecular complexity index is 741. The summed E-state index contributed by atoms with van der Waals surface area (Å²) in [4.78, 5) is 17.2. The molecule has 2 aromatic rings. The van der Waals surface area contributed by atoms with Crippen molar-refractivity contribution in [1.82, 2.24) is 20.0 Å². The lowest BCUT2D eigenvalue weighted by Crippen LogP contribution is -2.51. The minimum Gasteiger partial charge on any atom is -0.472 e. The fourth-order valence-corrected chi connectivity index (χ4v) is 4.09. The smallest absolute Gasteiger partial charge is 0.250 e. The van der Waals surface area contributed by atoms with Gasteiger partial charge in [0.1, 0.15) is 6.26 Å². The van der Waals surface area contributed by atoms with Crippen LogP contribution in [-0.2, 0) is 4.79 Å². The highest BCUT2D eigenvalue weighted by Gasteiger charge is 2.32. The van der Waals surface area contributed by atoms with E-state index in [2.05, 4.69) is 22.0 Å². The van der Waals surface area contributed by atoms with Crippen LogP contribution >= 0.6 is 0 Å². The van der Waals surface area contributed by atoms with Gasteiger partial charge in [-0.25, -0.2) is 0 Å². The van der Waals surface area contributed by atoms with Crippen LogP contribution in [0.4, 0.5) is 0 Å². The van der Waals surface area contributed by atoms with Crippen molar-refractivity contribution in [2.75, 3.05) is 26.2 Å². The van der Waals surface area contributed by atoms with E-state index >= 15 is 0 Å². The number of piperidine rings is 2. The highest BCUT2D eigenvalue weighted by molar-refractivity contribution is 5.81. The predicted molar refractivity (Wildman–Crippen MR) is 100.0 cm³/mol. The number of carbonyl (C=O) groups excluding carboxylic acids is 1. The summed E-state index contributed by atoms with van der Waals surface area (Å²) in [6.07, 6.45) is 7.31. The summed E-state index contributed by atoms with van der Waals surface area (Å²) in [6.45, 7) is 7.88. The van der Waals surface area contributed by atoms with Crippen molar-refractivity contribution in [1.29, 1.82) is 0 Å². The van der Waals surface area contributed by atoms with E-state index in [4.69, 9.17) is 8.83 Å². The molecule has 1 amide bonds. The van der Waals surface area contributed by atoms with Crippen molar-refractivity contribution in [2.24, 2.45) is 5.92 Å². The SMILES string of the molecule is CC1CCN(C(=O)C(C)N2CCC(c3nnc(-c4ccoc4)o3)CC2)CC1. The molecule has 0 saturated carbocycles. The lowest BCUT2D eigenvalue weighted by molar-refractivity contribution is -0.138. The van der Waals surface area contributed by atoms with Gasteiger partial charge in [-0.15, -0.1) is 10.2 Å². The molecule has 0 aliphatic carbocycles. The van der Waals surface area contributed by atoms with E-state index in [1.165, 1.54) is 0 Å². The minimum absolute atomic E-state index is 0.0523. The van der Waals surface area contributed by atoms with Crippen molar-refractivity contribution >= 4 is 5.91 Å². The molecule has 2 aliphatic rings. The maximum atomic E-state index is 12.8. The van der Waals surface area contributed by atoms with E-state index in [1.54, 1.807) is 12.5 Å². The summed E-state index contributed by atoms with van der Waals surface area (Å²) in [7, 11) is 0. The summed E-state index contributed by atoms with van der Waals surface area (Å²) >= 11 is 0. The normalized spacial score (nSPS) is 21.5. The number of furan rings is 1. The van der Waals surface area contributed by atoms with Gasteiger partial charge in [0.15, 0.2) is 0 Å². The molecule has 4 heterocycles. The standard InChI is InChI=1S/C20H28N4O3/c1-14-3-8-24(9-4-14)20(25)15(2)23-10-5-16(6-11-23)18-21-22-19(27-18)17-7-12-26-13-17/h7,12-16H,3-6,8-11H2,1-2H3. The van der Waals surface area contributed by atoms with Gasteiger partial charge in [-0.05, 0) is 57.7 Å². The van der Waals surface area contributed by atoms with E-state index in [9.17, 15) is 4.79 Å². The number of amides is 1. The van der Waals surface area contributed by atoms with Gasteiger partial charge < -0.3 is 13.7 Å². The number of carbonyl (C=O) groups is 1. The second kappa shape index (κ2) is 7.84. The zero-order valence-corrected chi connectivity index (χ0v) is 16.1. The van der Waals surface area contributed by atoms with E-state index < -0.39 is 0 Å². The molecule has 0 N–H and O–H groups in total. The molecule has 2 aliphatic heterocycles. The third-order valence-electron chi connectivity index (χ3n) is 6.09. The lowest BCUT2D eigenvalue weighted by Gasteiger charge is -2.38. The molecule has 27 heavy (non-hydrogen) atoms. The highest BCUT2D eigenvalue weighted by atomic mass is 16.4. The largest absolute Gasteiger partial charge is 0.472 e. The maximum Gasteiger partial charge on any atom is 0.250 e. The molecule has 0 radical (unpaired) electrons. The van der Waals surface area contributed by atoms with Gasteiger partial charge in [0, 0.05) is 19.0 Å². The first-order valence-electron chi connectivity index (χ1n) is 10.0. The zero-order valence-electron chi connectivity index (χ0n) is 16.1. The first kappa shape index (κ1) is 18.2. The van der Waals surface area contributed by atoms with Crippen LogP contribution in [0.5, 0.6) is 0 Å². The second-order valence-corrected chi connectivity index (χ2v) is 7.95. The molecule has 7 heteroatoms. The van der Waals surface area contributed by atoms with E-state index in [1.807, 2.05) is 17.9 Å². The molecule has 2 fully saturated rings. The topological polar surface area (TPSA) is 75.6 Å². The third-order valence-corrected chi connectivity index (χ3v) is 6.09. The molecule has 4 rings (SSSR count). The van der Waals surface area contributed by atoms with E-state index in [-0.39, 0.29) is 17.9 Å². The number of hydrogen-bond donors (Lipinski definition) is 0. The Hall–Kier alpha value is -2.15. The summed E-state index contributed by atoms with van der Waals surface area (Å²) < 4.78 is 10.9. The molecular formula is C20H28N4O3. The fraction of sp³-hybridized carbons (Fsp3) is 0.650. The van der Waals surface area contributed by atoms with Gasteiger partial charge in [0.25, 0.3) is 5.89 Å². The fourth-order valence-electron chi connectivity index (χ4n) is 4.09. The van der Waals surface area contributed by atoms with Crippen LogP contribution in [0.3, 0.4) is 0 Å². The predicted octanol–water partition coefficient (Wildman–Crippen LogP) is 3.16. The average molecular weight is 372 g/mol. The summed E-state index contributed by atoms with van der Waals surface area (Å²) in [5.74, 6) is 2.47. The van der Waals surface area contributed by atoms with Crippen LogP contribution in [0.25, 0.3) is 11.5 Å². The van der Waals surface area contributed by atoms with Crippen LogP contribution in [0.2, 0.25) is 0 Å². The van der Waals surface area contributed by atoms with Crippen molar-refractivity contribution in [3.05, 3.63) is 24.5 Å². The summed E-state index contributed by atoms with van der Waals surface area (Å²) in [5.41, 5.74) is 0.807. The molecule has 1 atom stereocenters. The molecule has 2 saturated heterocycles. The number of aromatic nitrogens is 2. The Morgan fingerprint density at radius 3 is 2.56 bits per heavy atom. The highest BCUT2D eigenvalue weighted by Crippen LogP contribution is 2.30.